The normalized spacial score (nSPS) is 16.6. The molecule has 1 heterocycles. The fraction of sp³-hybridized carbons (Fsp3) is 0.467. The summed E-state index contributed by atoms with van der Waals surface area (Å²) in [6, 6.07) is 5.87. The minimum atomic E-state index is -0.789. The Hall–Kier alpha value is -1.49. The van der Waals surface area contributed by atoms with Gasteiger partial charge in [0.25, 0.3) is 5.91 Å². The molecule has 1 saturated heterocycles. The summed E-state index contributed by atoms with van der Waals surface area (Å²) in [4.78, 5) is 26.1. The maximum Gasteiger partial charge on any atom is 0.306 e. The second-order valence-corrected chi connectivity index (χ2v) is 6.16. The SMILES string of the molecule is CSc1ccc(C)c(C(=O)N2CC(C(C)C(=O)O)C2)c1. The smallest absolute Gasteiger partial charge is 0.306 e. The number of amides is 1. The number of nitrogens with zero attached hydrogens (tertiary/aromatic N) is 1. The molecule has 2 rings (SSSR count). The summed E-state index contributed by atoms with van der Waals surface area (Å²) in [6.45, 7) is 4.70. The third-order valence-electron chi connectivity index (χ3n) is 3.97. The van der Waals surface area contributed by atoms with Crippen LogP contribution >= 0.6 is 11.8 Å². The van der Waals surface area contributed by atoms with Gasteiger partial charge in [-0.05, 0) is 30.9 Å². The van der Waals surface area contributed by atoms with Crippen molar-refractivity contribution in [1.82, 2.24) is 4.90 Å². The predicted octanol–water partition coefficient (Wildman–Crippen LogP) is 2.51. The van der Waals surface area contributed by atoms with Crippen molar-refractivity contribution >= 4 is 23.6 Å². The van der Waals surface area contributed by atoms with Crippen molar-refractivity contribution < 1.29 is 14.7 Å². The lowest BCUT2D eigenvalue weighted by atomic mass is 9.86. The van der Waals surface area contributed by atoms with Gasteiger partial charge in [0.15, 0.2) is 0 Å². The maximum absolute atomic E-state index is 12.4. The molecule has 1 aromatic rings. The van der Waals surface area contributed by atoms with Gasteiger partial charge in [0.2, 0.25) is 0 Å². The van der Waals surface area contributed by atoms with Crippen LogP contribution < -0.4 is 0 Å². The van der Waals surface area contributed by atoms with Gasteiger partial charge in [0.1, 0.15) is 0 Å². The summed E-state index contributed by atoms with van der Waals surface area (Å²) < 4.78 is 0. The molecule has 1 aliphatic heterocycles. The Bertz CT molecular complexity index is 538. The molecule has 0 aromatic heterocycles. The van der Waals surface area contributed by atoms with E-state index in [0.717, 1.165) is 16.0 Å². The van der Waals surface area contributed by atoms with Gasteiger partial charge in [-0.3, -0.25) is 9.59 Å². The van der Waals surface area contributed by atoms with Crippen molar-refractivity contribution in [1.29, 1.82) is 0 Å². The van der Waals surface area contributed by atoms with Crippen molar-refractivity contribution in [2.75, 3.05) is 19.3 Å². The highest BCUT2D eigenvalue weighted by atomic mass is 32.2. The number of benzene rings is 1. The first-order valence-electron chi connectivity index (χ1n) is 6.60. The summed E-state index contributed by atoms with van der Waals surface area (Å²) in [5.41, 5.74) is 1.68. The van der Waals surface area contributed by atoms with E-state index >= 15 is 0 Å². The average Bonchev–Trinajstić information content (AvgIpc) is 2.37. The highest BCUT2D eigenvalue weighted by Gasteiger charge is 2.37. The minimum Gasteiger partial charge on any atom is -0.481 e. The average molecular weight is 293 g/mol. The molecule has 20 heavy (non-hydrogen) atoms. The molecule has 1 amide bonds. The molecule has 1 aromatic carbocycles. The van der Waals surface area contributed by atoms with Crippen LogP contribution in [-0.4, -0.2) is 41.2 Å². The number of hydrogen-bond donors (Lipinski definition) is 1. The molecule has 0 bridgehead atoms. The van der Waals surface area contributed by atoms with Crippen molar-refractivity contribution in [2.24, 2.45) is 11.8 Å². The molecular formula is C15H19NO3S. The quantitative estimate of drug-likeness (QED) is 0.867. The van der Waals surface area contributed by atoms with Crippen LogP contribution in [0.25, 0.3) is 0 Å². The van der Waals surface area contributed by atoms with E-state index in [0.29, 0.717) is 13.1 Å². The molecular weight excluding hydrogens is 274 g/mol. The van der Waals surface area contributed by atoms with Crippen LogP contribution in [0.15, 0.2) is 23.1 Å². The fourth-order valence-electron chi connectivity index (χ4n) is 2.33. The zero-order valence-corrected chi connectivity index (χ0v) is 12.7. The lowest BCUT2D eigenvalue weighted by Gasteiger charge is -2.41. The van der Waals surface area contributed by atoms with Crippen molar-refractivity contribution in [3.05, 3.63) is 29.3 Å². The van der Waals surface area contributed by atoms with E-state index in [4.69, 9.17) is 5.11 Å². The first kappa shape index (κ1) is 14.9. The van der Waals surface area contributed by atoms with Crippen LogP contribution in [0, 0.1) is 18.8 Å². The number of hydrogen-bond acceptors (Lipinski definition) is 3. The molecule has 1 N–H and O–H groups in total. The summed E-state index contributed by atoms with van der Waals surface area (Å²) in [6.07, 6.45) is 1.98. The number of likely N-dealkylation sites (tertiary alicyclic amines) is 1. The van der Waals surface area contributed by atoms with Gasteiger partial charge in [0, 0.05) is 29.5 Å². The van der Waals surface area contributed by atoms with Gasteiger partial charge in [-0.15, -0.1) is 11.8 Å². The molecule has 0 spiro atoms. The number of carbonyl (C=O) groups is 2. The molecule has 108 valence electrons. The number of carboxylic acid groups (broad SMARTS) is 1. The Morgan fingerprint density at radius 2 is 2.05 bits per heavy atom. The highest BCUT2D eigenvalue weighted by Crippen LogP contribution is 2.27. The molecule has 1 fully saturated rings. The number of thioether (sulfide) groups is 1. The van der Waals surface area contributed by atoms with Crippen LogP contribution in [0.3, 0.4) is 0 Å². The molecule has 1 atom stereocenters. The van der Waals surface area contributed by atoms with Crippen LogP contribution in [0.4, 0.5) is 0 Å². The van der Waals surface area contributed by atoms with Crippen molar-refractivity contribution in [2.45, 2.75) is 18.7 Å². The first-order valence-corrected chi connectivity index (χ1v) is 7.83. The van der Waals surface area contributed by atoms with Gasteiger partial charge < -0.3 is 10.0 Å². The largest absolute Gasteiger partial charge is 0.481 e. The third-order valence-corrected chi connectivity index (χ3v) is 4.69. The van der Waals surface area contributed by atoms with E-state index < -0.39 is 11.9 Å². The summed E-state index contributed by atoms with van der Waals surface area (Å²) in [7, 11) is 0. The van der Waals surface area contributed by atoms with Crippen molar-refractivity contribution in [3.63, 3.8) is 0 Å². The summed E-state index contributed by atoms with van der Waals surface area (Å²) in [5, 5.41) is 8.97. The molecule has 0 radical (unpaired) electrons. The van der Waals surface area contributed by atoms with Crippen LogP contribution in [0.2, 0.25) is 0 Å². The van der Waals surface area contributed by atoms with Gasteiger partial charge in [-0.1, -0.05) is 13.0 Å². The number of carbonyl (C=O) groups excluding carboxylic acids is 1. The van der Waals surface area contributed by atoms with Crippen LogP contribution in [0.5, 0.6) is 0 Å². The number of aryl methyl sites for hydroxylation is 1. The minimum absolute atomic E-state index is 0.00670. The topological polar surface area (TPSA) is 57.6 Å². The van der Waals surface area contributed by atoms with E-state index in [2.05, 4.69) is 0 Å². The van der Waals surface area contributed by atoms with Gasteiger partial charge >= 0.3 is 5.97 Å². The lowest BCUT2D eigenvalue weighted by molar-refractivity contribution is -0.144. The second kappa shape index (κ2) is 5.87. The Balaban J connectivity index is 2.06. The second-order valence-electron chi connectivity index (χ2n) is 5.28. The van der Waals surface area contributed by atoms with E-state index in [9.17, 15) is 9.59 Å². The Morgan fingerprint density at radius 3 is 2.60 bits per heavy atom. The van der Waals surface area contributed by atoms with E-state index in [1.54, 1.807) is 23.6 Å². The monoisotopic (exact) mass is 293 g/mol. The highest BCUT2D eigenvalue weighted by molar-refractivity contribution is 7.98. The summed E-state index contributed by atoms with van der Waals surface area (Å²) >= 11 is 1.61. The van der Waals surface area contributed by atoms with E-state index in [-0.39, 0.29) is 11.8 Å². The third kappa shape index (κ3) is 2.82. The van der Waals surface area contributed by atoms with Gasteiger partial charge in [-0.2, -0.15) is 0 Å². The molecule has 0 aliphatic carbocycles. The Labute approximate surface area is 123 Å². The van der Waals surface area contributed by atoms with Crippen molar-refractivity contribution in [3.8, 4) is 0 Å². The van der Waals surface area contributed by atoms with Gasteiger partial charge in [0.05, 0.1) is 5.92 Å². The predicted molar refractivity (Wildman–Crippen MR) is 79.2 cm³/mol. The van der Waals surface area contributed by atoms with E-state index in [1.807, 2.05) is 31.4 Å². The maximum atomic E-state index is 12.4. The molecule has 4 nitrogen and oxygen atoms in total. The van der Waals surface area contributed by atoms with E-state index in [1.165, 1.54) is 0 Å². The van der Waals surface area contributed by atoms with Gasteiger partial charge in [-0.25, -0.2) is 0 Å². The first-order chi connectivity index (χ1) is 9.43. The Morgan fingerprint density at radius 1 is 1.40 bits per heavy atom. The fourth-order valence-corrected chi connectivity index (χ4v) is 2.77. The standard InChI is InChI=1S/C15H19NO3S/c1-9-4-5-12(20-3)6-13(9)14(17)16-7-11(8-16)10(2)15(18)19/h4-6,10-11H,7-8H2,1-3H3,(H,18,19). The Kier molecular flexibility index (Phi) is 4.38. The number of carboxylic acids is 1. The molecule has 0 saturated carbocycles. The number of aliphatic carboxylic acids is 1. The van der Waals surface area contributed by atoms with Crippen LogP contribution in [-0.2, 0) is 4.79 Å². The summed E-state index contributed by atoms with van der Waals surface area (Å²) in [5.74, 6) is -1.10. The molecule has 5 heteroatoms. The van der Waals surface area contributed by atoms with Crippen LogP contribution in [0.1, 0.15) is 22.8 Å². The zero-order chi connectivity index (χ0) is 14.9. The zero-order valence-electron chi connectivity index (χ0n) is 11.9. The number of rotatable bonds is 4. The lowest BCUT2D eigenvalue weighted by Crippen LogP contribution is -2.53. The molecule has 1 unspecified atom stereocenters. The molecule has 1 aliphatic rings.